The minimum atomic E-state index is -4.57. The number of carbonyl (C=O) groups is 1. The van der Waals surface area contributed by atoms with Crippen LogP contribution in [-0.2, 0) is 12.8 Å². The highest BCUT2D eigenvalue weighted by Crippen LogP contribution is 2.28. The summed E-state index contributed by atoms with van der Waals surface area (Å²) in [6, 6.07) is 4.41. The molecule has 0 aromatic carbocycles. The lowest BCUT2D eigenvalue weighted by atomic mass is 10.2. The molecule has 0 aliphatic carbocycles. The third kappa shape index (κ3) is 4.35. The molecule has 3 rings (SSSR count). The van der Waals surface area contributed by atoms with E-state index in [0.29, 0.717) is 16.4 Å². The van der Waals surface area contributed by atoms with Gasteiger partial charge in [-0.25, -0.2) is 4.98 Å². The van der Waals surface area contributed by atoms with Crippen molar-refractivity contribution in [2.45, 2.75) is 18.8 Å². The average molecular weight is 412 g/mol. The van der Waals surface area contributed by atoms with Gasteiger partial charge in [0.1, 0.15) is 16.4 Å². The lowest BCUT2D eigenvalue weighted by Gasteiger charge is -2.13. The van der Waals surface area contributed by atoms with E-state index in [-0.39, 0.29) is 24.5 Å². The highest BCUT2D eigenvalue weighted by atomic mass is 32.1. The molecule has 1 amide bonds. The maximum Gasteiger partial charge on any atom is 0.435 e. The van der Waals surface area contributed by atoms with Crippen LogP contribution in [0.15, 0.2) is 29.6 Å². The number of thiazole rings is 1. The summed E-state index contributed by atoms with van der Waals surface area (Å²) in [6.45, 7) is -0.113. The highest BCUT2D eigenvalue weighted by molar-refractivity contribution is 7.09. The minimum Gasteiger partial charge on any atom is -0.390 e. The van der Waals surface area contributed by atoms with Gasteiger partial charge in [-0.15, -0.1) is 21.5 Å². The normalized spacial score (nSPS) is 12.8. The predicted molar refractivity (Wildman–Crippen MR) is 94.1 cm³/mol. The van der Waals surface area contributed by atoms with Gasteiger partial charge in [0, 0.05) is 11.9 Å². The van der Waals surface area contributed by atoms with Gasteiger partial charge in [0.2, 0.25) is 0 Å². The number of aliphatic hydroxyl groups is 1. The van der Waals surface area contributed by atoms with Crippen LogP contribution in [0.25, 0.3) is 11.4 Å². The minimum absolute atomic E-state index is 0.0993. The monoisotopic (exact) mass is 412 g/mol. The molecule has 28 heavy (non-hydrogen) atoms. The quantitative estimate of drug-likeness (QED) is 0.489. The molecule has 0 radical (unpaired) electrons. The first-order chi connectivity index (χ1) is 13.3. The number of nitrogens with two attached hydrogens (primary N) is 1. The average Bonchev–Trinajstić information content (AvgIpc) is 3.35. The number of halogens is 3. The van der Waals surface area contributed by atoms with E-state index in [9.17, 15) is 18.0 Å². The van der Waals surface area contributed by atoms with Crippen LogP contribution in [0.3, 0.4) is 0 Å². The van der Waals surface area contributed by atoms with Gasteiger partial charge in [-0.1, -0.05) is 0 Å². The van der Waals surface area contributed by atoms with E-state index >= 15 is 0 Å². The molecule has 3 heterocycles. The standard InChI is InChI=1S/C16H15F3N6O2S/c17-16(18,19)13-4-3-10(24-25-13)9-1-2-11(22-9)14(27)23-12(5-20)15-21-8(6-26)7-28-15/h1-4,7,12,22,26H,5-6,20H2,(H,23,27)/t12-/m0/s1. The van der Waals surface area contributed by atoms with Gasteiger partial charge in [-0.2, -0.15) is 13.2 Å². The Hall–Kier alpha value is -2.83. The fourth-order valence-corrected chi connectivity index (χ4v) is 3.19. The van der Waals surface area contributed by atoms with E-state index < -0.39 is 23.8 Å². The number of aromatic nitrogens is 4. The number of aromatic amines is 1. The summed E-state index contributed by atoms with van der Waals surface area (Å²) in [7, 11) is 0. The maximum absolute atomic E-state index is 12.6. The number of amides is 1. The van der Waals surface area contributed by atoms with Crippen molar-refractivity contribution in [2.75, 3.05) is 6.54 Å². The maximum atomic E-state index is 12.6. The molecule has 12 heteroatoms. The lowest BCUT2D eigenvalue weighted by molar-refractivity contribution is -0.141. The fraction of sp³-hybridized carbons (Fsp3) is 0.250. The third-order valence-corrected chi connectivity index (χ3v) is 4.74. The molecular weight excluding hydrogens is 397 g/mol. The zero-order valence-corrected chi connectivity index (χ0v) is 15.0. The second-order valence-corrected chi connectivity index (χ2v) is 6.57. The molecule has 0 unspecified atom stereocenters. The number of hydrogen-bond donors (Lipinski definition) is 4. The van der Waals surface area contributed by atoms with E-state index in [2.05, 4.69) is 25.5 Å². The zero-order chi connectivity index (χ0) is 20.3. The highest BCUT2D eigenvalue weighted by Gasteiger charge is 2.33. The Balaban J connectivity index is 1.72. The molecule has 1 atom stereocenters. The molecule has 0 fully saturated rings. The smallest absolute Gasteiger partial charge is 0.390 e. The number of carbonyl (C=O) groups excluding carboxylic acids is 1. The second-order valence-electron chi connectivity index (χ2n) is 5.68. The van der Waals surface area contributed by atoms with Gasteiger partial charge in [0.05, 0.1) is 24.0 Å². The molecule has 0 aliphatic rings. The molecule has 3 aromatic heterocycles. The number of alkyl halides is 3. The number of nitrogens with one attached hydrogen (secondary N) is 2. The fourth-order valence-electron chi connectivity index (χ4n) is 2.32. The number of H-pyrrole nitrogens is 1. The third-order valence-electron chi connectivity index (χ3n) is 3.73. The summed E-state index contributed by atoms with van der Waals surface area (Å²) < 4.78 is 37.7. The molecule has 0 aliphatic heterocycles. The Labute approximate surface area is 160 Å². The number of hydrogen-bond acceptors (Lipinski definition) is 7. The van der Waals surface area contributed by atoms with E-state index in [4.69, 9.17) is 10.8 Å². The Morgan fingerprint density at radius 1 is 1.29 bits per heavy atom. The van der Waals surface area contributed by atoms with Crippen molar-refractivity contribution in [2.24, 2.45) is 5.73 Å². The molecule has 0 saturated heterocycles. The van der Waals surface area contributed by atoms with Crippen LogP contribution in [0.2, 0.25) is 0 Å². The zero-order valence-electron chi connectivity index (χ0n) is 14.2. The van der Waals surface area contributed by atoms with Crippen LogP contribution in [0.4, 0.5) is 13.2 Å². The summed E-state index contributed by atoms with van der Waals surface area (Å²) in [5.74, 6) is -0.470. The number of nitrogens with zero attached hydrogens (tertiary/aromatic N) is 3. The molecule has 0 bridgehead atoms. The van der Waals surface area contributed by atoms with Gasteiger partial charge in [0.15, 0.2) is 5.69 Å². The lowest BCUT2D eigenvalue weighted by Crippen LogP contribution is -2.33. The summed E-state index contributed by atoms with van der Waals surface area (Å²) in [4.78, 5) is 19.4. The van der Waals surface area contributed by atoms with Crippen LogP contribution >= 0.6 is 11.3 Å². The molecule has 0 saturated carbocycles. The van der Waals surface area contributed by atoms with Gasteiger partial charge in [0.25, 0.3) is 5.91 Å². The Kier molecular flexibility index (Phi) is 5.72. The summed E-state index contributed by atoms with van der Waals surface area (Å²) in [6.07, 6.45) is -4.57. The van der Waals surface area contributed by atoms with Crippen molar-refractivity contribution >= 4 is 17.2 Å². The second kappa shape index (κ2) is 8.04. The Bertz CT molecular complexity index is 954. The largest absolute Gasteiger partial charge is 0.435 e. The first-order valence-electron chi connectivity index (χ1n) is 7.98. The van der Waals surface area contributed by atoms with E-state index in [1.54, 1.807) is 5.38 Å². The van der Waals surface area contributed by atoms with E-state index in [1.165, 1.54) is 23.5 Å². The topological polar surface area (TPSA) is 130 Å². The van der Waals surface area contributed by atoms with Gasteiger partial charge in [-0.3, -0.25) is 4.79 Å². The first-order valence-corrected chi connectivity index (χ1v) is 8.86. The van der Waals surface area contributed by atoms with Gasteiger partial charge in [-0.05, 0) is 24.3 Å². The van der Waals surface area contributed by atoms with Gasteiger partial charge >= 0.3 is 6.18 Å². The van der Waals surface area contributed by atoms with Crippen molar-refractivity contribution in [3.8, 4) is 11.4 Å². The number of rotatable bonds is 6. The number of aliphatic hydroxyl groups excluding tert-OH is 1. The summed E-state index contributed by atoms with van der Waals surface area (Å²) in [5, 5.41) is 20.7. The predicted octanol–water partition coefficient (Wildman–Crippen LogP) is 1.87. The molecule has 5 N–H and O–H groups in total. The summed E-state index contributed by atoms with van der Waals surface area (Å²) >= 11 is 1.26. The van der Waals surface area contributed by atoms with Gasteiger partial charge < -0.3 is 21.1 Å². The van der Waals surface area contributed by atoms with E-state index in [1.807, 2.05) is 0 Å². The molecule has 8 nitrogen and oxygen atoms in total. The molecule has 148 valence electrons. The Morgan fingerprint density at radius 3 is 2.64 bits per heavy atom. The van der Waals surface area contributed by atoms with Crippen LogP contribution in [-0.4, -0.2) is 37.7 Å². The summed E-state index contributed by atoms with van der Waals surface area (Å²) in [5.41, 5.74) is 5.76. The first kappa shape index (κ1) is 19.9. The van der Waals surface area contributed by atoms with Crippen molar-refractivity contribution in [1.29, 1.82) is 0 Å². The molecular formula is C16H15F3N6O2S. The van der Waals surface area contributed by atoms with Crippen molar-refractivity contribution < 1.29 is 23.1 Å². The van der Waals surface area contributed by atoms with Crippen LogP contribution in [0.5, 0.6) is 0 Å². The molecule has 3 aromatic rings. The van der Waals surface area contributed by atoms with Crippen molar-refractivity contribution in [3.63, 3.8) is 0 Å². The van der Waals surface area contributed by atoms with Crippen LogP contribution in [0, 0.1) is 0 Å². The Morgan fingerprint density at radius 2 is 2.07 bits per heavy atom. The van der Waals surface area contributed by atoms with E-state index in [0.717, 1.165) is 12.1 Å². The van der Waals surface area contributed by atoms with Crippen LogP contribution < -0.4 is 11.1 Å². The van der Waals surface area contributed by atoms with Crippen molar-refractivity contribution in [3.05, 3.63) is 51.7 Å². The van der Waals surface area contributed by atoms with Crippen LogP contribution in [0.1, 0.15) is 32.9 Å². The molecule has 0 spiro atoms. The SMILES string of the molecule is NC[C@H](NC(=O)c1ccc(-c2ccc(C(F)(F)F)nn2)[nH]1)c1nc(CO)cs1. The van der Waals surface area contributed by atoms with Crippen molar-refractivity contribution in [1.82, 2.24) is 25.5 Å².